The molecule has 0 aromatic rings. The third-order valence-electron chi connectivity index (χ3n) is 4.25. The van der Waals surface area contributed by atoms with E-state index in [1.807, 2.05) is 0 Å². The summed E-state index contributed by atoms with van der Waals surface area (Å²) >= 11 is 2.06. The Hall–Kier alpha value is -0.0200. The highest BCUT2D eigenvalue weighted by Crippen LogP contribution is 2.30. The van der Waals surface area contributed by atoms with Crippen molar-refractivity contribution < 1.29 is 4.79 Å². The standard InChI is InChI=1S/C14H25NOS/c1-3-12-4-5-14(16)13(8-12)10-15-6-7-17-11(2)9-15/h11-13H,3-10H2,1-2H3. The average molecular weight is 255 g/mol. The van der Waals surface area contributed by atoms with Gasteiger partial charge >= 0.3 is 0 Å². The van der Waals surface area contributed by atoms with Gasteiger partial charge in [-0.1, -0.05) is 20.3 Å². The molecule has 2 aliphatic rings. The van der Waals surface area contributed by atoms with Crippen molar-refractivity contribution >= 4 is 17.5 Å². The van der Waals surface area contributed by atoms with Crippen LogP contribution in [0.5, 0.6) is 0 Å². The second-order valence-corrected chi connectivity index (χ2v) is 7.20. The number of Topliss-reactive ketones (excluding diaryl/α,β-unsaturated/α-hetero) is 1. The van der Waals surface area contributed by atoms with Crippen LogP contribution in [0.15, 0.2) is 0 Å². The zero-order valence-corrected chi connectivity index (χ0v) is 12.0. The molecule has 2 fully saturated rings. The lowest BCUT2D eigenvalue weighted by atomic mass is 9.79. The third-order valence-corrected chi connectivity index (χ3v) is 5.39. The summed E-state index contributed by atoms with van der Waals surface area (Å²) in [5.74, 6) is 2.90. The molecule has 3 atom stereocenters. The third kappa shape index (κ3) is 3.72. The summed E-state index contributed by atoms with van der Waals surface area (Å²) < 4.78 is 0. The van der Waals surface area contributed by atoms with Crippen LogP contribution in [0.3, 0.4) is 0 Å². The first-order chi connectivity index (χ1) is 8.19. The second kappa shape index (κ2) is 6.24. The molecule has 1 aliphatic carbocycles. The van der Waals surface area contributed by atoms with E-state index in [1.165, 1.54) is 25.3 Å². The van der Waals surface area contributed by atoms with E-state index in [4.69, 9.17) is 0 Å². The molecule has 0 N–H and O–H groups in total. The number of hydrogen-bond donors (Lipinski definition) is 0. The zero-order chi connectivity index (χ0) is 12.3. The molecule has 0 bridgehead atoms. The average Bonchev–Trinajstić information content (AvgIpc) is 2.32. The molecular formula is C14H25NOS. The Bertz CT molecular complexity index is 269. The summed E-state index contributed by atoms with van der Waals surface area (Å²) in [5, 5.41) is 0.740. The minimum absolute atomic E-state index is 0.337. The number of thioether (sulfide) groups is 1. The van der Waals surface area contributed by atoms with Gasteiger partial charge in [0.1, 0.15) is 5.78 Å². The molecule has 2 rings (SSSR count). The van der Waals surface area contributed by atoms with Gasteiger partial charge in [0, 0.05) is 43.0 Å². The van der Waals surface area contributed by atoms with Crippen molar-refractivity contribution in [1.29, 1.82) is 0 Å². The molecule has 2 nitrogen and oxygen atoms in total. The van der Waals surface area contributed by atoms with E-state index < -0.39 is 0 Å². The summed E-state index contributed by atoms with van der Waals surface area (Å²) in [6, 6.07) is 0. The highest BCUT2D eigenvalue weighted by molar-refractivity contribution is 7.99. The van der Waals surface area contributed by atoms with Gasteiger partial charge in [0.15, 0.2) is 0 Å². The molecule has 0 amide bonds. The van der Waals surface area contributed by atoms with Crippen molar-refractivity contribution in [3.63, 3.8) is 0 Å². The first kappa shape index (κ1) is 13.4. The van der Waals surface area contributed by atoms with Gasteiger partial charge in [-0.2, -0.15) is 11.8 Å². The Kier molecular flexibility index (Phi) is 4.92. The normalized spacial score (nSPS) is 36.1. The molecule has 1 heterocycles. The van der Waals surface area contributed by atoms with Crippen molar-refractivity contribution in [2.75, 3.05) is 25.4 Å². The summed E-state index contributed by atoms with van der Waals surface area (Å²) in [7, 11) is 0. The monoisotopic (exact) mass is 255 g/mol. The maximum atomic E-state index is 12.0. The Balaban J connectivity index is 1.85. The lowest BCUT2D eigenvalue weighted by molar-refractivity contribution is -0.126. The molecule has 1 aliphatic heterocycles. The number of ketones is 1. The predicted octanol–water partition coefficient (Wildman–Crippen LogP) is 2.82. The molecule has 3 heteroatoms. The molecule has 0 aromatic heterocycles. The second-order valence-electron chi connectivity index (χ2n) is 5.65. The highest BCUT2D eigenvalue weighted by atomic mass is 32.2. The minimum atomic E-state index is 0.337. The molecule has 1 saturated carbocycles. The van der Waals surface area contributed by atoms with E-state index in [2.05, 4.69) is 30.5 Å². The number of carbonyl (C=O) groups is 1. The topological polar surface area (TPSA) is 20.3 Å². The number of rotatable bonds is 3. The zero-order valence-electron chi connectivity index (χ0n) is 11.2. The summed E-state index contributed by atoms with van der Waals surface area (Å²) in [5.41, 5.74) is 0. The van der Waals surface area contributed by atoms with Gasteiger partial charge in [-0.3, -0.25) is 4.79 Å². The molecule has 0 radical (unpaired) electrons. The summed E-state index contributed by atoms with van der Waals surface area (Å²) in [6.45, 7) is 7.94. The van der Waals surface area contributed by atoms with Crippen molar-refractivity contribution in [1.82, 2.24) is 4.90 Å². The molecule has 98 valence electrons. The van der Waals surface area contributed by atoms with Gasteiger partial charge < -0.3 is 4.90 Å². The molecule has 0 spiro atoms. The Labute approximate surface area is 110 Å². The fourth-order valence-corrected chi connectivity index (χ4v) is 4.20. The maximum Gasteiger partial charge on any atom is 0.137 e. The molecule has 3 unspecified atom stereocenters. The SMILES string of the molecule is CCC1CCC(=O)C(CN2CCSC(C)C2)C1. The van der Waals surface area contributed by atoms with Crippen molar-refractivity contribution in [3.05, 3.63) is 0 Å². The highest BCUT2D eigenvalue weighted by Gasteiger charge is 2.30. The lowest BCUT2D eigenvalue weighted by Gasteiger charge is -2.35. The van der Waals surface area contributed by atoms with E-state index >= 15 is 0 Å². The van der Waals surface area contributed by atoms with Gasteiger partial charge in [-0.15, -0.1) is 0 Å². The largest absolute Gasteiger partial charge is 0.301 e. The summed E-state index contributed by atoms with van der Waals surface area (Å²) in [6.07, 6.45) is 4.36. The fourth-order valence-electron chi connectivity index (χ4n) is 3.12. The van der Waals surface area contributed by atoms with Crippen LogP contribution in [0.1, 0.15) is 39.5 Å². The van der Waals surface area contributed by atoms with Gasteiger partial charge in [0.05, 0.1) is 0 Å². The first-order valence-corrected chi connectivity index (χ1v) is 8.10. The van der Waals surface area contributed by atoms with Crippen molar-refractivity contribution in [3.8, 4) is 0 Å². The van der Waals surface area contributed by atoms with Crippen LogP contribution in [-0.2, 0) is 4.79 Å². The van der Waals surface area contributed by atoms with Gasteiger partial charge in [-0.25, -0.2) is 0 Å². The van der Waals surface area contributed by atoms with E-state index in [0.717, 1.165) is 37.0 Å². The van der Waals surface area contributed by atoms with Crippen molar-refractivity contribution in [2.45, 2.75) is 44.8 Å². The van der Waals surface area contributed by atoms with E-state index in [1.54, 1.807) is 0 Å². The van der Waals surface area contributed by atoms with E-state index in [9.17, 15) is 4.79 Å². The first-order valence-electron chi connectivity index (χ1n) is 7.05. The van der Waals surface area contributed by atoms with E-state index in [0.29, 0.717) is 11.7 Å². The lowest BCUT2D eigenvalue weighted by Crippen LogP contribution is -2.42. The fraction of sp³-hybridized carbons (Fsp3) is 0.929. The van der Waals surface area contributed by atoms with Crippen LogP contribution in [0.4, 0.5) is 0 Å². The van der Waals surface area contributed by atoms with Gasteiger partial charge in [0.2, 0.25) is 0 Å². The van der Waals surface area contributed by atoms with Crippen LogP contribution in [-0.4, -0.2) is 41.3 Å². The number of nitrogens with zero attached hydrogens (tertiary/aromatic N) is 1. The Morgan fingerprint density at radius 1 is 1.47 bits per heavy atom. The van der Waals surface area contributed by atoms with Crippen LogP contribution in [0, 0.1) is 11.8 Å². The van der Waals surface area contributed by atoms with Gasteiger partial charge in [-0.05, 0) is 18.8 Å². The molecule has 1 saturated heterocycles. The predicted molar refractivity (Wildman–Crippen MR) is 74.5 cm³/mol. The maximum absolute atomic E-state index is 12.0. The molecular weight excluding hydrogens is 230 g/mol. The number of carbonyl (C=O) groups excluding carboxylic acids is 1. The van der Waals surface area contributed by atoms with Crippen LogP contribution in [0.25, 0.3) is 0 Å². The quantitative estimate of drug-likeness (QED) is 0.773. The Morgan fingerprint density at radius 3 is 3.00 bits per heavy atom. The number of hydrogen-bond acceptors (Lipinski definition) is 3. The molecule has 17 heavy (non-hydrogen) atoms. The van der Waals surface area contributed by atoms with E-state index in [-0.39, 0.29) is 0 Å². The van der Waals surface area contributed by atoms with Gasteiger partial charge in [0.25, 0.3) is 0 Å². The Morgan fingerprint density at radius 2 is 2.29 bits per heavy atom. The summed E-state index contributed by atoms with van der Waals surface area (Å²) in [4.78, 5) is 14.5. The smallest absolute Gasteiger partial charge is 0.137 e. The minimum Gasteiger partial charge on any atom is -0.301 e. The van der Waals surface area contributed by atoms with Crippen molar-refractivity contribution in [2.24, 2.45) is 11.8 Å². The van der Waals surface area contributed by atoms with Crippen LogP contribution in [0.2, 0.25) is 0 Å². The molecule has 0 aromatic carbocycles. The van der Waals surface area contributed by atoms with Crippen LogP contribution < -0.4 is 0 Å². The van der Waals surface area contributed by atoms with Crippen LogP contribution >= 0.6 is 11.8 Å².